The fourth-order valence-electron chi connectivity index (χ4n) is 2.53. The van der Waals surface area contributed by atoms with Gasteiger partial charge in [-0.15, -0.1) is 0 Å². The van der Waals surface area contributed by atoms with E-state index in [4.69, 9.17) is 0 Å². The van der Waals surface area contributed by atoms with E-state index in [1.165, 1.54) is 37.2 Å². The molecule has 0 bridgehead atoms. The Hall–Kier alpha value is -2.45. The molecule has 0 aliphatic rings. The van der Waals surface area contributed by atoms with Crippen molar-refractivity contribution in [3.05, 3.63) is 65.5 Å². The van der Waals surface area contributed by atoms with Crippen molar-refractivity contribution in [2.24, 2.45) is 0 Å². The lowest BCUT2D eigenvalue weighted by Crippen LogP contribution is -2.38. The molecule has 0 saturated heterocycles. The molecule has 1 unspecified atom stereocenters. The lowest BCUT2D eigenvalue weighted by molar-refractivity contribution is 0.194. The molecular weight excluding hydrogens is 369 g/mol. The third-order valence-corrected chi connectivity index (χ3v) is 6.33. The van der Waals surface area contributed by atoms with E-state index in [9.17, 15) is 17.6 Å². The van der Waals surface area contributed by atoms with E-state index in [2.05, 4.69) is 5.32 Å². The summed E-state index contributed by atoms with van der Waals surface area (Å²) in [4.78, 5) is 14.1. The fraction of sp³-hybridized carbons (Fsp3) is 0.316. The second-order valence-corrected chi connectivity index (χ2v) is 8.51. The number of halogens is 1. The zero-order chi connectivity index (χ0) is 20.2. The first-order valence-corrected chi connectivity index (χ1v) is 9.85. The number of hydrogen-bond donors (Lipinski definition) is 1. The molecule has 0 aromatic heterocycles. The second-order valence-electron chi connectivity index (χ2n) is 6.39. The molecule has 0 heterocycles. The van der Waals surface area contributed by atoms with Crippen LogP contribution in [0.1, 0.15) is 24.1 Å². The molecule has 2 aromatic carbocycles. The van der Waals surface area contributed by atoms with Gasteiger partial charge in [-0.1, -0.05) is 30.3 Å². The third kappa shape index (κ3) is 4.84. The van der Waals surface area contributed by atoms with Crippen LogP contribution in [0.4, 0.5) is 9.18 Å². The van der Waals surface area contributed by atoms with Gasteiger partial charge in [-0.05, 0) is 36.2 Å². The summed E-state index contributed by atoms with van der Waals surface area (Å²) in [5.41, 5.74) is 1.30. The van der Waals surface area contributed by atoms with E-state index < -0.39 is 10.0 Å². The minimum Gasteiger partial charge on any atom is -0.334 e. The van der Waals surface area contributed by atoms with Gasteiger partial charge in [0.2, 0.25) is 10.0 Å². The maximum atomic E-state index is 13.1. The maximum absolute atomic E-state index is 13.1. The average molecular weight is 393 g/mol. The molecule has 0 saturated carbocycles. The Morgan fingerprint density at radius 1 is 1.07 bits per heavy atom. The number of hydrogen-bond acceptors (Lipinski definition) is 3. The van der Waals surface area contributed by atoms with Crippen molar-refractivity contribution in [2.75, 3.05) is 21.1 Å². The van der Waals surface area contributed by atoms with Gasteiger partial charge < -0.3 is 10.2 Å². The highest BCUT2D eigenvalue weighted by atomic mass is 32.2. The van der Waals surface area contributed by atoms with Crippen LogP contribution >= 0.6 is 0 Å². The number of amides is 2. The highest BCUT2D eigenvalue weighted by Gasteiger charge is 2.22. The van der Waals surface area contributed by atoms with Crippen molar-refractivity contribution in [3.8, 4) is 0 Å². The van der Waals surface area contributed by atoms with Crippen LogP contribution in [-0.2, 0) is 16.6 Å². The molecule has 146 valence electrons. The van der Waals surface area contributed by atoms with Gasteiger partial charge in [-0.25, -0.2) is 21.9 Å². The molecule has 27 heavy (non-hydrogen) atoms. The van der Waals surface area contributed by atoms with Crippen molar-refractivity contribution >= 4 is 16.1 Å². The molecular formula is C19H24FN3O3S. The van der Waals surface area contributed by atoms with Crippen LogP contribution in [0.2, 0.25) is 0 Å². The monoisotopic (exact) mass is 393 g/mol. The van der Waals surface area contributed by atoms with Crippen molar-refractivity contribution in [2.45, 2.75) is 24.4 Å². The largest absolute Gasteiger partial charge is 0.334 e. The van der Waals surface area contributed by atoms with Crippen molar-refractivity contribution in [3.63, 3.8) is 0 Å². The minimum absolute atomic E-state index is 0.0720. The molecule has 0 fully saturated rings. The van der Waals surface area contributed by atoms with Gasteiger partial charge in [0.15, 0.2) is 0 Å². The summed E-state index contributed by atoms with van der Waals surface area (Å²) in [5, 5.41) is 2.74. The average Bonchev–Trinajstić information content (AvgIpc) is 2.65. The third-order valence-electron chi connectivity index (χ3n) is 4.41. The Kier molecular flexibility index (Phi) is 6.56. The highest BCUT2D eigenvalue weighted by molar-refractivity contribution is 7.89. The molecule has 2 aromatic rings. The molecule has 0 aliphatic carbocycles. The zero-order valence-corrected chi connectivity index (χ0v) is 16.6. The van der Waals surface area contributed by atoms with E-state index in [-0.39, 0.29) is 29.3 Å². The van der Waals surface area contributed by atoms with Crippen molar-refractivity contribution in [1.29, 1.82) is 0 Å². The van der Waals surface area contributed by atoms with E-state index >= 15 is 0 Å². The SMILES string of the molecule is CC(c1ccc(F)cc1)N(C)C(=O)NCc1ccccc1S(=O)(=O)N(C)C. The summed E-state index contributed by atoms with van der Waals surface area (Å²) in [5.74, 6) is -0.336. The lowest BCUT2D eigenvalue weighted by atomic mass is 10.1. The fourth-order valence-corrected chi connectivity index (χ4v) is 3.65. The number of nitrogens with one attached hydrogen (secondary N) is 1. The normalized spacial score (nSPS) is 12.7. The van der Waals surface area contributed by atoms with E-state index in [1.54, 1.807) is 37.4 Å². The Morgan fingerprint density at radius 2 is 1.67 bits per heavy atom. The number of urea groups is 1. The second kappa shape index (κ2) is 8.49. The molecule has 1 atom stereocenters. The number of carbonyl (C=O) groups is 1. The summed E-state index contributed by atoms with van der Waals surface area (Å²) in [6, 6.07) is 11.9. The first-order valence-electron chi connectivity index (χ1n) is 8.41. The molecule has 8 heteroatoms. The smallest absolute Gasteiger partial charge is 0.317 e. The first kappa shape index (κ1) is 20.9. The molecule has 0 radical (unpaired) electrons. The summed E-state index contributed by atoms with van der Waals surface area (Å²) < 4.78 is 39.0. The number of carbonyl (C=O) groups excluding carboxylic acids is 1. The number of nitrogens with zero attached hydrogens (tertiary/aromatic N) is 2. The summed E-state index contributed by atoms with van der Waals surface area (Å²) in [7, 11) is 0.947. The Bertz CT molecular complexity index is 899. The van der Waals surface area contributed by atoms with Gasteiger partial charge in [0.25, 0.3) is 0 Å². The summed E-state index contributed by atoms with van der Waals surface area (Å²) in [6.45, 7) is 1.90. The van der Waals surface area contributed by atoms with Crippen LogP contribution in [-0.4, -0.2) is 44.8 Å². The van der Waals surface area contributed by atoms with Gasteiger partial charge in [0.1, 0.15) is 5.82 Å². The quantitative estimate of drug-likeness (QED) is 0.820. The van der Waals surface area contributed by atoms with Crippen molar-refractivity contribution in [1.82, 2.24) is 14.5 Å². The molecule has 2 rings (SSSR count). The van der Waals surface area contributed by atoms with E-state index in [0.717, 1.165) is 9.87 Å². The Labute approximate surface area is 159 Å². The topological polar surface area (TPSA) is 69.7 Å². The van der Waals surface area contributed by atoms with Crippen molar-refractivity contribution < 1.29 is 17.6 Å². The van der Waals surface area contributed by atoms with Gasteiger partial charge >= 0.3 is 6.03 Å². The Balaban J connectivity index is 2.11. The van der Waals surface area contributed by atoms with Crippen LogP contribution in [0.15, 0.2) is 53.4 Å². The number of benzene rings is 2. The minimum atomic E-state index is -3.61. The van der Waals surface area contributed by atoms with Crippen LogP contribution in [0.25, 0.3) is 0 Å². The lowest BCUT2D eigenvalue weighted by Gasteiger charge is -2.26. The predicted molar refractivity (Wildman–Crippen MR) is 102 cm³/mol. The molecule has 2 amide bonds. The van der Waals surface area contributed by atoms with Crippen LogP contribution in [0, 0.1) is 5.82 Å². The summed E-state index contributed by atoms with van der Waals surface area (Å²) >= 11 is 0. The highest BCUT2D eigenvalue weighted by Crippen LogP contribution is 2.20. The predicted octanol–water partition coefficient (Wildman–Crippen LogP) is 2.98. The van der Waals surface area contributed by atoms with E-state index in [0.29, 0.717) is 5.56 Å². The standard InChI is InChI=1S/C19H24FN3O3S/c1-14(15-9-11-17(20)12-10-15)23(4)19(24)21-13-16-7-5-6-8-18(16)27(25,26)22(2)3/h5-12,14H,13H2,1-4H3,(H,21,24). The first-order chi connectivity index (χ1) is 12.6. The number of sulfonamides is 1. The van der Waals surface area contributed by atoms with Crippen LogP contribution < -0.4 is 5.32 Å². The maximum Gasteiger partial charge on any atom is 0.317 e. The van der Waals surface area contributed by atoms with Gasteiger partial charge in [0.05, 0.1) is 10.9 Å². The van der Waals surface area contributed by atoms with Crippen LogP contribution in [0.5, 0.6) is 0 Å². The van der Waals surface area contributed by atoms with Gasteiger partial charge in [0, 0.05) is 27.7 Å². The van der Waals surface area contributed by atoms with E-state index in [1.807, 2.05) is 6.92 Å². The van der Waals surface area contributed by atoms with Gasteiger partial charge in [-0.3, -0.25) is 0 Å². The number of rotatable bonds is 6. The molecule has 1 N–H and O–H groups in total. The zero-order valence-electron chi connectivity index (χ0n) is 15.8. The van der Waals surface area contributed by atoms with Crippen LogP contribution in [0.3, 0.4) is 0 Å². The Morgan fingerprint density at radius 3 is 2.26 bits per heavy atom. The van der Waals surface area contributed by atoms with Gasteiger partial charge in [-0.2, -0.15) is 0 Å². The molecule has 6 nitrogen and oxygen atoms in total. The molecule has 0 aliphatic heterocycles. The summed E-state index contributed by atoms with van der Waals surface area (Å²) in [6.07, 6.45) is 0. The molecule has 0 spiro atoms.